The van der Waals surface area contributed by atoms with Gasteiger partial charge in [0, 0.05) is 0 Å². The van der Waals surface area contributed by atoms with Gasteiger partial charge >= 0.3 is 0 Å². The van der Waals surface area contributed by atoms with E-state index in [9.17, 15) is 5.11 Å². The van der Waals surface area contributed by atoms with Crippen LogP contribution in [0.2, 0.25) is 0 Å². The van der Waals surface area contributed by atoms with Gasteiger partial charge in [0.05, 0.1) is 0 Å². The molecule has 1 N–H and O–H groups in total. The van der Waals surface area contributed by atoms with Crippen LogP contribution in [0.5, 0.6) is 11.5 Å². The van der Waals surface area contributed by atoms with Crippen molar-refractivity contribution in [2.75, 3.05) is 0 Å². The Bertz CT molecular complexity index is 492. The number of aryl methyl sites for hydroxylation is 1. The van der Waals surface area contributed by atoms with E-state index >= 15 is 0 Å². The molecule has 2 heteroatoms. The van der Waals surface area contributed by atoms with Crippen molar-refractivity contribution in [3.63, 3.8) is 0 Å². The highest BCUT2D eigenvalue weighted by atomic mass is 16.5. The average molecular weight is 241 g/mol. The topological polar surface area (TPSA) is 29.5 Å². The molecule has 2 aromatic carbocycles. The van der Waals surface area contributed by atoms with Gasteiger partial charge in [0.25, 0.3) is 0 Å². The van der Waals surface area contributed by atoms with Gasteiger partial charge < -0.3 is 9.84 Å². The fourth-order valence-electron chi connectivity index (χ4n) is 1.83. The number of benzene rings is 2. The number of phenols is 1. The number of rotatable bonds is 5. The molecule has 0 saturated carbocycles. The molecule has 18 heavy (non-hydrogen) atoms. The minimum Gasteiger partial charge on any atom is -0.508 e. The quantitative estimate of drug-likeness (QED) is 0.864. The third-order valence-electron chi connectivity index (χ3n) is 2.73. The molecule has 0 bridgehead atoms. The van der Waals surface area contributed by atoms with E-state index in [4.69, 9.17) is 4.74 Å². The van der Waals surface area contributed by atoms with Crippen LogP contribution >= 0.6 is 0 Å². The first kappa shape index (κ1) is 12.5. The predicted molar refractivity (Wildman–Crippen MR) is 72.6 cm³/mol. The Hall–Kier alpha value is -1.96. The van der Waals surface area contributed by atoms with E-state index < -0.39 is 0 Å². The fourth-order valence-corrected chi connectivity index (χ4v) is 1.83. The number of hydrogen-bond donors (Lipinski definition) is 1. The van der Waals surface area contributed by atoms with E-state index in [0.717, 1.165) is 29.7 Å². The highest BCUT2D eigenvalue weighted by Crippen LogP contribution is 2.25. The van der Waals surface area contributed by atoms with Gasteiger partial charge in [-0.05, 0) is 42.2 Å². The molecule has 0 aliphatic rings. The van der Waals surface area contributed by atoms with Crippen LogP contribution in [-0.2, 0) is 13.0 Å². The van der Waals surface area contributed by atoms with Crippen molar-refractivity contribution >= 4 is 0 Å². The Morgan fingerprint density at radius 1 is 1.06 bits per heavy atom. The molecule has 1 radical (unpaired) electrons. The van der Waals surface area contributed by atoms with Crippen LogP contribution in [0.1, 0.15) is 17.5 Å². The van der Waals surface area contributed by atoms with Gasteiger partial charge in [-0.25, -0.2) is 0 Å². The molecule has 93 valence electrons. The lowest BCUT2D eigenvalue weighted by Gasteiger charge is -2.11. The lowest BCUT2D eigenvalue weighted by Crippen LogP contribution is -1.98. The minimum absolute atomic E-state index is 0.269. The standard InChI is InChI=1S/C16H17O2/c1-2-6-14-11-15(17)9-10-16(14)18-12-13-7-4-3-5-8-13/h3-5,7-11,17H,1-2,6,12H2. The maximum atomic E-state index is 9.47. The summed E-state index contributed by atoms with van der Waals surface area (Å²) in [7, 11) is 0. The molecule has 2 nitrogen and oxygen atoms in total. The van der Waals surface area contributed by atoms with E-state index in [0.29, 0.717) is 6.61 Å². The summed E-state index contributed by atoms with van der Waals surface area (Å²) in [6, 6.07) is 15.2. The summed E-state index contributed by atoms with van der Waals surface area (Å²) < 4.78 is 5.79. The van der Waals surface area contributed by atoms with Crippen molar-refractivity contribution in [2.24, 2.45) is 0 Å². The molecule has 0 atom stereocenters. The summed E-state index contributed by atoms with van der Waals surface area (Å²) in [4.78, 5) is 0. The summed E-state index contributed by atoms with van der Waals surface area (Å²) in [5.41, 5.74) is 2.13. The Kier molecular flexibility index (Phi) is 4.24. The summed E-state index contributed by atoms with van der Waals surface area (Å²) in [6.07, 6.45) is 1.59. The van der Waals surface area contributed by atoms with E-state index in [-0.39, 0.29) is 5.75 Å². The van der Waals surface area contributed by atoms with Crippen LogP contribution in [0.25, 0.3) is 0 Å². The maximum absolute atomic E-state index is 9.47. The lowest BCUT2D eigenvalue weighted by atomic mass is 10.1. The molecular weight excluding hydrogens is 224 g/mol. The van der Waals surface area contributed by atoms with Gasteiger partial charge in [-0.1, -0.05) is 37.3 Å². The van der Waals surface area contributed by atoms with Gasteiger partial charge in [-0.2, -0.15) is 0 Å². The number of aromatic hydroxyl groups is 1. The zero-order chi connectivity index (χ0) is 12.8. The average Bonchev–Trinajstić information content (AvgIpc) is 2.39. The Morgan fingerprint density at radius 3 is 2.56 bits per heavy atom. The number of hydrogen-bond acceptors (Lipinski definition) is 2. The molecule has 0 aromatic heterocycles. The molecule has 0 spiro atoms. The highest BCUT2D eigenvalue weighted by molar-refractivity contribution is 5.40. The van der Waals surface area contributed by atoms with Crippen molar-refractivity contribution < 1.29 is 9.84 Å². The van der Waals surface area contributed by atoms with Gasteiger partial charge in [0.1, 0.15) is 18.1 Å². The Labute approximate surface area is 108 Å². The summed E-state index contributed by atoms with van der Waals surface area (Å²) in [5, 5.41) is 9.47. The Morgan fingerprint density at radius 2 is 1.83 bits per heavy atom. The van der Waals surface area contributed by atoms with Gasteiger partial charge in [-0.3, -0.25) is 0 Å². The highest BCUT2D eigenvalue weighted by Gasteiger charge is 2.04. The molecule has 0 unspecified atom stereocenters. The third-order valence-corrected chi connectivity index (χ3v) is 2.73. The van der Waals surface area contributed by atoms with E-state index in [2.05, 4.69) is 6.92 Å². The zero-order valence-electron chi connectivity index (χ0n) is 10.3. The van der Waals surface area contributed by atoms with E-state index in [1.54, 1.807) is 12.1 Å². The second-order valence-corrected chi connectivity index (χ2v) is 4.17. The smallest absolute Gasteiger partial charge is 0.123 e. The molecule has 2 aromatic rings. The van der Waals surface area contributed by atoms with Crippen molar-refractivity contribution in [3.05, 3.63) is 66.6 Å². The predicted octanol–water partition coefficient (Wildman–Crippen LogP) is 3.74. The molecule has 0 fully saturated rings. The normalized spacial score (nSPS) is 10.3. The largest absolute Gasteiger partial charge is 0.508 e. The maximum Gasteiger partial charge on any atom is 0.123 e. The summed E-state index contributed by atoms with van der Waals surface area (Å²) >= 11 is 0. The second-order valence-electron chi connectivity index (χ2n) is 4.17. The first-order valence-electron chi connectivity index (χ1n) is 6.07. The summed E-state index contributed by atoms with van der Waals surface area (Å²) in [6.45, 7) is 4.37. The van der Waals surface area contributed by atoms with Crippen molar-refractivity contribution in [3.8, 4) is 11.5 Å². The van der Waals surface area contributed by atoms with Gasteiger partial charge in [0.15, 0.2) is 0 Å². The van der Waals surface area contributed by atoms with E-state index in [1.165, 1.54) is 0 Å². The number of phenolic OH excluding ortho intramolecular Hbond substituents is 1. The Balaban J connectivity index is 2.09. The van der Waals surface area contributed by atoms with Gasteiger partial charge in [0.2, 0.25) is 0 Å². The molecule has 2 rings (SSSR count). The fraction of sp³-hybridized carbons (Fsp3) is 0.188. The number of ether oxygens (including phenoxy) is 1. The van der Waals surface area contributed by atoms with Crippen LogP contribution in [0.4, 0.5) is 0 Å². The molecule has 0 amide bonds. The van der Waals surface area contributed by atoms with Crippen LogP contribution in [0.15, 0.2) is 48.5 Å². The van der Waals surface area contributed by atoms with Crippen molar-refractivity contribution in [1.82, 2.24) is 0 Å². The van der Waals surface area contributed by atoms with Crippen LogP contribution in [0, 0.1) is 6.92 Å². The first-order chi connectivity index (χ1) is 8.79. The first-order valence-corrected chi connectivity index (χ1v) is 6.07. The SMILES string of the molecule is [CH2]CCc1cc(O)ccc1OCc1ccccc1. The van der Waals surface area contributed by atoms with Crippen LogP contribution < -0.4 is 4.74 Å². The molecule has 0 saturated heterocycles. The van der Waals surface area contributed by atoms with Crippen LogP contribution in [-0.4, -0.2) is 5.11 Å². The molecular formula is C16H17O2. The molecule has 0 aliphatic heterocycles. The summed E-state index contributed by atoms with van der Waals surface area (Å²) in [5.74, 6) is 1.09. The lowest BCUT2D eigenvalue weighted by molar-refractivity contribution is 0.302. The minimum atomic E-state index is 0.269. The molecule has 0 aliphatic carbocycles. The van der Waals surface area contributed by atoms with E-state index in [1.807, 2.05) is 36.4 Å². The van der Waals surface area contributed by atoms with Crippen molar-refractivity contribution in [2.45, 2.75) is 19.4 Å². The zero-order valence-corrected chi connectivity index (χ0v) is 10.3. The third kappa shape index (κ3) is 3.27. The van der Waals surface area contributed by atoms with Gasteiger partial charge in [-0.15, -0.1) is 0 Å². The second kappa shape index (κ2) is 6.10. The molecule has 0 heterocycles. The van der Waals surface area contributed by atoms with Crippen molar-refractivity contribution in [1.29, 1.82) is 0 Å². The monoisotopic (exact) mass is 241 g/mol. The van der Waals surface area contributed by atoms with Crippen LogP contribution in [0.3, 0.4) is 0 Å².